The summed E-state index contributed by atoms with van der Waals surface area (Å²) < 4.78 is 5.29. The van der Waals surface area contributed by atoms with Crippen LogP contribution in [-0.2, 0) is 9.53 Å². The Bertz CT molecular complexity index is 221. The van der Waals surface area contributed by atoms with E-state index in [2.05, 4.69) is 12.2 Å². The van der Waals surface area contributed by atoms with Gasteiger partial charge in [-0.2, -0.15) is 0 Å². The van der Waals surface area contributed by atoms with Crippen LogP contribution in [0.1, 0.15) is 40.0 Å². The molecule has 0 aromatic heterocycles. The number of nitrogens with one attached hydrogen (secondary N) is 1. The van der Waals surface area contributed by atoms with Crippen LogP contribution >= 0.6 is 0 Å². The highest BCUT2D eigenvalue weighted by Crippen LogP contribution is 2.14. The van der Waals surface area contributed by atoms with Gasteiger partial charge in [0, 0.05) is 13.2 Å². The van der Waals surface area contributed by atoms with Gasteiger partial charge in [0.25, 0.3) is 0 Å². The summed E-state index contributed by atoms with van der Waals surface area (Å²) in [4.78, 5) is 13.9. The third kappa shape index (κ3) is 3.46. The van der Waals surface area contributed by atoms with Gasteiger partial charge in [-0.15, -0.1) is 0 Å². The molecule has 2 atom stereocenters. The highest BCUT2D eigenvalue weighted by molar-refractivity contribution is 5.84. The van der Waals surface area contributed by atoms with E-state index in [9.17, 15) is 4.79 Å². The van der Waals surface area contributed by atoms with Crippen molar-refractivity contribution in [2.75, 3.05) is 19.8 Å². The fourth-order valence-electron chi connectivity index (χ4n) is 2.07. The summed E-state index contributed by atoms with van der Waals surface area (Å²) in [5.41, 5.74) is 0. The smallest absolute Gasteiger partial charge is 0.241 e. The molecular formula is C12H24N2O2. The van der Waals surface area contributed by atoms with Crippen molar-refractivity contribution in [3.8, 4) is 0 Å². The van der Waals surface area contributed by atoms with E-state index in [0.29, 0.717) is 19.8 Å². The molecule has 0 aromatic rings. The maximum atomic E-state index is 12.0. The molecule has 0 spiro atoms. The van der Waals surface area contributed by atoms with Crippen LogP contribution in [0.3, 0.4) is 0 Å². The Labute approximate surface area is 98.3 Å². The number of amides is 1. The number of carbonyl (C=O) groups is 1. The molecule has 1 aliphatic heterocycles. The molecule has 1 aliphatic rings. The Hall–Kier alpha value is -0.610. The number of rotatable bonds is 7. The van der Waals surface area contributed by atoms with Crippen molar-refractivity contribution < 1.29 is 9.53 Å². The van der Waals surface area contributed by atoms with Crippen molar-refractivity contribution in [2.45, 2.75) is 52.2 Å². The zero-order valence-electron chi connectivity index (χ0n) is 10.7. The first-order valence-electron chi connectivity index (χ1n) is 6.35. The summed E-state index contributed by atoms with van der Waals surface area (Å²) in [6.45, 7) is 8.20. The van der Waals surface area contributed by atoms with Gasteiger partial charge in [0.2, 0.25) is 5.91 Å². The van der Waals surface area contributed by atoms with Crippen LogP contribution in [0.25, 0.3) is 0 Å². The van der Waals surface area contributed by atoms with Gasteiger partial charge < -0.3 is 9.64 Å². The van der Waals surface area contributed by atoms with Crippen molar-refractivity contribution in [1.29, 1.82) is 0 Å². The van der Waals surface area contributed by atoms with E-state index >= 15 is 0 Å². The Morgan fingerprint density at radius 2 is 2.19 bits per heavy atom. The van der Waals surface area contributed by atoms with E-state index in [1.807, 2.05) is 18.7 Å². The molecule has 4 heteroatoms. The minimum atomic E-state index is 0.0246. The SMILES string of the molecule is CCCCC1NC(C)N(CCOCC)C1=O. The molecule has 94 valence electrons. The van der Waals surface area contributed by atoms with Crippen molar-refractivity contribution in [3.05, 3.63) is 0 Å². The number of hydrogen-bond acceptors (Lipinski definition) is 3. The second-order valence-electron chi connectivity index (χ2n) is 4.27. The highest BCUT2D eigenvalue weighted by atomic mass is 16.5. The van der Waals surface area contributed by atoms with E-state index in [-0.39, 0.29) is 18.1 Å². The van der Waals surface area contributed by atoms with Gasteiger partial charge in [-0.25, -0.2) is 0 Å². The van der Waals surface area contributed by atoms with Gasteiger partial charge in [0.15, 0.2) is 0 Å². The molecule has 1 fully saturated rings. The largest absolute Gasteiger partial charge is 0.380 e. The summed E-state index contributed by atoms with van der Waals surface area (Å²) in [5.74, 6) is 0.237. The molecular weight excluding hydrogens is 204 g/mol. The molecule has 0 bridgehead atoms. The first-order chi connectivity index (χ1) is 7.70. The normalized spacial score (nSPS) is 25.4. The summed E-state index contributed by atoms with van der Waals surface area (Å²) in [6, 6.07) is 0.0246. The fraction of sp³-hybridized carbons (Fsp3) is 0.917. The average molecular weight is 228 g/mol. The first-order valence-corrected chi connectivity index (χ1v) is 6.35. The van der Waals surface area contributed by atoms with Gasteiger partial charge in [-0.05, 0) is 20.3 Å². The Balaban J connectivity index is 2.37. The van der Waals surface area contributed by atoms with Gasteiger partial charge in [-0.1, -0.05) is 19.8 Å². The van der Waals surface area contributed by atoms with Crippen LogP contribution in [0.5, 0.6) is 0 Å². The van der Waals surface area contributed by atoms with Crippen LogP contribution in [0, 0.1) is 0 Å². The second-order valence-corrected chi connectivity index (χ2v) is 4.27. The minimum Gasteiger partial charge on any atom is -0.380 e. The minimum absolute atomic E-state index is 0.0246. The zero-order chi connectivity index (χ0) is 12.0. The average Bonchev–Trinajstić information content (AvgIpc) is 2.54. The lowest BCUT2D eigenvalue weighted by atomic mass is 10.1. The number of nitrogens with zero attached hydrogens (tertiary/aromatic N) is 1. The van der Waals surface area contributed by atoms with E-state index in [4.69, 9.17) is 4.74 Å². The number of ether oxygens (including phenoxy) is 1. The third-order valence-electron chi connectivity index (χ3n) is 3.02. The molecule has 1 amide bonds. The number of unbranched alkanes of at least 4 members (excludes halogenated alkanes) is 1. The van der Waals surface area contributed by atoms with Crippen molar-refractivity contribution in [1.82, 2.24) is 10.2 Å². The molecule has 0 radical (unpaired) electrons. The lowest BCUT2D eigenvalue weighted by Gasteiger charge is -2.20. The van der Waals surface area contributed by atoms with Crippen LogP contribution in [0.4, 0.5) is 0 Å². The number of hydrogen-bond donors (Lipinski definition) is 1. The lowest BCUT2D eigenvalue weighted by Crippen LogP contribution is -2.37. The maximum absolute atomic E-state index is 12.0. The van der Waals surface area contributed by atoms with E-state index in [1.54, 1.807) is 0 Å². The fourth-order valence-corrected chi connectivity index (χ4v) is 2.07. The summed E-state index contributed by atoms with van der Waals surface area (Å²) in [7, 11) is 0. The van der Waals surface area contributed by atoms with Gasteiger partial charge in [0.1, 0.15) is 0 Å². The molecule has 1 saturated heterocycles. The van der Waals surface area contributed by atoms with E-state index in [0.717, 1.165) is 19.3 Å². The predicted molar refractivity (Wildman–Crippen MR) is 64.1 cm³/mol. The van der Waals surface area contributed by atoms with Crippen molar-refractivity contribution in [3.63, 3.8) is 0 Å². The van der Waals surface area contributed by atoms with Crippen LogP contribution < -0.4 is 5.32 Å². The number of carbonyl (C=O) groups excluding carboxylic acids is 1. The molecule has 2 unspecified atom stereocenters. The quantitative estimate of drug-likeness (QED) is 0.669. The monoisotopic (exact) mass is 228 g/mol. The highest BCUT2D eigenvalue weighted by Gasteiger charge is 2.35. The van der Waals surface area contributed by atoms with E-state index in [1.165, 1.54) is 0 Å². The predicted octanol–water partition coefficient (Wildman–Crippen LogP) is 1.36. The van der Waals surface area contributed by atoms with Crippen LogP contribution in [0.2, 0.25) is 0 Å². The summed E-state index contributed by atoms with van der Waals surface area (Å²) >= 11 is 0. The first kappa shape index (κ1) is 13.5. The van der Waals surface area contributed by atoms with Gasteiger partial charge in [0.05, 0.1) is 18.8 Å². The zero-order valence-corrected chi connectivity index (χ0v) is 10.7. The molecule has 0 saturated carbocycles. The molecule has 1 rings (SSSR count). The lowest BCUT2D eigenvalue weighted by molar-refractivity contribution is -0.130. The maximum Gasteiger partial charge on any atom is 0.241 e. The van der Waals surface area contributed by atoms with Crippen molar-refractivity contribution in [2.24, 2.45) is 0 Å². The molecule has 0 aliphatic carbocycles. The molecule has 16 heavy (non-hydrogen) atoms. The standard InChI is InChI=1S/C12H24N2O2/c1-4-6-7-11-12(15)14(10(3)13-11)8-9-16-5-2/h10-11,13H,4-9H2,1-3H3. The van der Waals surface area contributed by atoms with E-state index < -0.39 is 0 Å². The Kier molecular flexibility index (Phi) is 5.77. The molecule has 1 heterocycles. The topological polar surface area (TPSA) is 41.6 Å². The van der Waals surface area contributed by atoms with Crippen LogP contribution in [-0.4, -0.2) is 42.8 Å². The van der Waals surface area contributed by atoms with Gasteiger partial charge in [-0.3, -0.25) is 10.1 Å². The van der Waals surface area contributed by atoms with Crippen molar-refractivity contribution >= 4 is 5.91 Å². The second kappa shape index (κ2) is 6.86. The summed E-state index contributed by atoms with van der Waals surface area (Å²) in [5, 5.41) is 3.34. The third-order valence-corrected chi connectivity index (χ3v) is 3.02. The molecule has 4 nitrogen and oxygen atoms in total. The van der Waals surface area contributed by atoms with Crippen LogP contribution in [0.15, 0.2) is 0 Å². The Morgan fingerprint density at radius 1 is 1.44 bits per heavy atom. The van der Waals surface area contributed by atoms with Gasteiger partial charge >= 0.3 is 0 Å². The molecule has 0 aromatic carbocycles. The summed E-state index contributed by atoms with van der Waals surface area (Å²) in [6.07, 6.45) is 3.34. The Morgan fingerprint density at radius 3 is 2.81 bits per heavy atom. The molecule has 1 N–H and O–H groups in total.